The molecule has 0 aromatic heterocycles. The molecule has 0 heterocycles. The van der Waals surface area contributed by atoms with Gasteiger partial charge >= 0.3 is 0 Å². The van der Waals surface area contributed by atoms with Crippen LogP contribution < -0.4 is 5.73 Å². The first-order valence-electron chi connectivity index (χ1n) is 9.97. The lowest BCUT2D eigenvalue weighted by atomic mass is 10.0. The Hall–Kier alpha value is -3.54. The molecule has 0 amide bonds. The largest absolute Gasteiger partial charge is 0.404 e. The summed E-state index contributed by atoms with van der Waals surface area (Å²) in [6, 6.07) is 5.40. The maximum atomic E-state index is 14.1. The predicted octanol–water partition coefficient (Wildman–Crippen LogP) is 5.30. The van der Waals surface area contributed by atoms with Crippen molar-refractivity contribution in [3.05, 3.63) is 96.3 Å². The van der Waals surface area contributed by atoms with E-state index in [2.05, 4.69) is 35.2 Å². The second kappa shape index (κ2) is 13.6. The van der Waals surface area contributed by atoms with E-state index in [-0.39, 0.29) is 11.9 Å². The summed E-state index contributed by atoms with van der Waals surface area (Å²) in [5, 5.41) is 0. The Labute approximate surface area is 185 Å². The zero-order valence-corrected chi connectivity index (χ0v) is 18.8. The number of hydrogen-bond acceptors (Lipinski definition) is 4. The first kappa shape index (κ1) is 25.5. The van der Waals surface area contributed by atoms with Crippen LogP contribution >= 0.6 is 0 Å². The summed E-state index contributed by atoms with van der Waals surface area (Å²) in [5.41, 5.74) is 8.45. The van der Waals surface area contributed by atoms with Crippen LogP contribution in [0.25, 0.3) is 0 Å². The SMILES string of the molecule is C=CC=C(/C=C\N(C)C(CC)c1ccc(C)c(F)c1)C(/C=C\N=C)=NC(C=CN)=NC. The van der Waals surface area contributed by atoms with Gasteiger partial charge in [-0.25, -0.2) is 9.38 Å². The van der Waals surface area contributed by atoms with E-state index in [1.807, 2.05) is 42.4 Å². The molecule has 1 unspecified atom stereocenters. The van der Waals surface area contributed by atoms with Gasteiger partial charge in [-0.2, -0.15) is 0 Å². The molecule has 0 radical (unpaired) electrons. The molecule has 1 rings (SSSR count). The van der Waals surface area contributed by atoms with Crippen LogP contribution in [0.4, 0.5) is 4.39 Å². The zero-order chi connectivity index (χ0) is 23.2. The molecular weight excluding hydrogens is 389 g/mol. The fraction of sp³-hybridized carbons (Fsp3) is 0.240. The van der Waals surface area contributed by atoms with Gasteiger partial charge in [0, 0.05) is 25.9 Å². The number of aliphatic imine (C=N–C) groups is 3. The summed E-state index contributed by atoms with van der Waals surface area (Å²) in [7, 11) is 3.60. The van der Waals surface area contributed by atoms with E-state index in [9.17, 15) is 4.39 Å². The molecule has 2 N–H and O–H groups in total. The lowest BCUT2D eigenvalue weighted by molar-refractivity contribution is 0.327. The van der Waals surface area contributed by atoms with E-state index in [4.69, 9.17) is 5.73 Å². The average molecular weight is 422 g/mol. The molecule has 0 bridgehead atoms. The van der Waals surface area contributed by atoms with Gasteiger partial charge in [0.15, 0.2) is 0 Å². The molecule has 31 heavy (non-hydrogen) atoms. The Bertz CT molecular complexity index is 935. The molecule has 1 aromatic rings. The molecule has 6 heteroatoms. The minimum atomic E-state index is -0.198. The van der Waals surface area contributed by atoms with E-state index >= 15 is 0 Å². The van der Waals surface area contributed by atoms with Crippen molar-refractivity contribution in [2.45, 2.75) is 26.3 Å². The quantitative estimate of drug-likeness (QED) is 0.316. The van der Waals surface area contributed by atoms with Crippen LogP contribution in [0.2, 0.25) is 0 Å². The van der Waals surface area contributed by atoms with Crippen molar-refractivity contribution in [1.82, 2.24) is 4.90 Å². The Balaban J connectivity index is 3.31. The molecule has 0 fully saturated rings. The van der Waals surface area contributed by atoms with Crippen molar-refractivity contribution in [3.8, 4) is 0 Å². The van der Waals surface area contributed by atoms with E-state index in [0.717, 1.165) is 17.6 Å². The van der Waals surface area contributed by atoms with Gasteiger partial charge in [-0.1, -0.05) is 37.8 Å². The highest BCUT2D eigenvalue weighted by Crippen LogP contribution is 2.25. The summed E-state index contributed by atoms with van der Waals surface area (Å²) >= 11 is 0. The van der Waals surface area contributed by atoms with Gasteiger partial charge in [0.2, 0.25) is 0 Å². The molecule has 0 spiro atoms. The van der Waals surface area contributed by atoms with Crippen molar-refractivity contribution in [1.29, 1.82) is 0 Å². The highest BCUT2D eigenvalue weighted by Gasteiger charge is 2.14. The van der Waals surface area contributed by atoms with Gasteiger partial charge in [-0.15, -0.1) is 0 Å². The first-order chi connectivity index (χ1) is 14.9. The Morgan fingerprint density at radius 2 is 2.03 bits per heavy atom. The van der Waals surface area contributed by atoms with Gasteiger partial charge in [0.1, 0.15) is 11.7 Å². The van der Waals surface area contributed by atoms with E-state index in [0.29, 0.717) is 17.1 Å². The van der Waals surface area contributed by atoms with Crippen molar-refractivity contribution in [3.63, 3.8) is 0 Å². The van der Waals surface area contributed by atoms with Gasteiger partial charge in [-0.3, -0.25) is 9.98 Å². The van der Waals surface area contributed by atoms with Crippen LogP contribution in [-0.4, -0.2) is 37.3 Å². The fourth-order valence-electron chi connectivity index (χ4n) is 2.92. The van der Waals surface area contributed by atoms with E-state index < -0.39 is 0 Å². The second-order valence-corrected chi connectivity index (χ2v) is 6.71. The number of allylic oxidation sites excluding steroid dienone is 5. The fourth-order valence-corrected chi connectivity index (χ4v) is 2.92. The third-order valence-corrected chi connectivity index (χ3v) is 4.59. The zero-order valence-electron chi connectivity index (χ0n) is 18.8. The normalized spacial score (nSPS) is 14.5. The topological polar surface area (TPSA) is 66.3 Å². The predicted molar refractivity (Wildman–Crippen MR) is 132 cm³/mol. The minimum absolute atomic E-state index is 0.0232. The minimum Gasteiger partial charge on any atom is -0.404 e. The van der Waals surface area contributed by atoms with Crippen molar-refractivity contribution >= 4 is 18.3 Å². The molecule has 0 saturated heterocycles. The summed E-state index contributed by atoms with van der Waals surface area (Å²) in [6.07, 6.45) is 14.5. The van der Waals surface area contributed by atoms with Crippen molar-refractivity contribution in [2.75, 3.05) is 14.1 Å². The smallest absolute Gasteiger partial charge is 0.149 e. The van der Waals surface area contributed by atoms with Crippen molar-refractivity contribution < 1.29 is 4.39 Å². The molecule has 1 aromatic carbocycles. The summed E-state index contributed by atoms with van der Waals surface area (Å²) in [5.74, 6) is 0.265. The third kappa shape index (κ3) is 8.01. The standard InChI is InChI=1S/C25H32FN5/c1-7-9-20(23(13-16-28-4)30-25(29-5)12-15-27)14-17-31(6)24(8-2)21-11-10-19(3)22(26)18-21/h7,9-18,24H,1,4,8,27H2,2-3,5-6H3/b15-12?,16-13-,17-14-,20-9?,29-25?,30-23?. The number of rotatable bonds is 10. The lowest BCUT2D eigenvalue weighted by Crippen LogP contribution is -2.19. The number of halogens is 1. The van der Waals surface area contributed by atoms with Gasteiger partial charge < -0.3 is 10.6 Å². The van der Waals surface area contributed by atoms with Crippen molar-refractivity contribution in [2.24, 2.45) is 20.7 Å². The van der Waals surface area contributed by atoms with Crippen LogP contribution in [0.15, 0.2) is 94.3 Å². The van der Waals surface area contributed by atoms with E-state index in [1.165, 1.54) is 6.20 Å². The number of amidine groups is 1. The maximum absolute atomic E-state index is 14.1. The molecule has 0 aliphatic rings. The first-order valence-corrected chi connectivity index (χ1v) is 9.97. The number of nitrogens with zero attached hydrogens (tertiary/aromatic N) is 4. The number of nitrogens with two attached hydrogens (primary N) is 1. The lowest BCUT2D eigenvalue weighted by Gasteiger charge is -2.26. The maximum Gasteiger partial charge on any atom is 0.149 e. The molecule has 0 saturated carbocycles. The highest BCUT2D eigenvalue weighted by molar-refractivity contribution is 6.16. The number of benzene rings is 1. The van der Waals surface area contributed by atoms with Gasteiger partial charge in [-0.05, 0) is 67.9 Å². The second-order valence-electron chi connectivity index (χ2n) is 6.71. The Morgan fingerprint density at radius 3 is 2.58 bits per heavy atom. The summed E-state index contributed by atoms with van der Waals surface area (Å²) in [4.78, 5) is 14.5. The molecule has 164 valence electrons. The highest BCUT2D eigenvalue weighted by atomic mass is 19.1. The van der Waals surface area contributed by atoms with Crippen LogP contribution in [0.1, 0.15) is 30.5 Å². The molecule has 1 atom stereocenters. The molecule has 5 nitrogen and oxygen atoms in total. The van der Waals surface area contributed by atoms with Gasteiger partial charge in [0.05, 0.1) is 11.8 Å². The third-order valence-electron chi connectivity index (χ3n) is 4.59. The molecule has 0 aliphatic heterocycles. The van der Waals surface area contributed by atoms with Crippen LogP contribution in [0.3, 0.4) is 0 Å². The monoisotopic (exact) mass is 421 g/mol. The average Bonchev–Trinajstić information content (AvgIpc) is 2.76. The number of aryl methyl sites for hydroxylation is 1. The van der Waals surface area contributed by atoms with Gasteiger partial charge in [0.25, 0.3) is 0 Å². The molecule has 0 aliphatic carbocycles. The van der Waals surface area contributed by atoms with Crippen LogP contribution in [0.5, 0.6) is 0 Å². The summed E-state index contributed by atoms with van der Waals surface area (Å²) in [6.45, 7) is 11.1. The number of hydrogen-bond donors (Lipinski definition) is 1. The molecular formula is C25H32FN5. The van der Waals surface area contributed by atoms with Crippen LogP contribution in [0, 0.1) is 12.7 Å². The van der Waals surface area contributed by atoms with E-state index in [1.54, 1.807) is 44.5 Å². The summed E-state index contributed by atoms with van der Waals surface area (Å²) < 4.78 is 14.1. The Kier molecular flexibility index (Phi) is 11.2. The van der Waals surface area contributed by atoms with Crippen LogP contribution in [-0.2, 0) is 0 Å². The Morgan fingerprint density at radius 1 is 1.29 bits per heavy atom.